The molecule has 0 atom stereocenters. The highest BCUT2D eigenvalue weighted by molar-refractivity contribution is 6.63. The molecule has 0 radical (unpaired) electrons. The number of hydrogen-bond donors (Lipinski definition) is 0. The molecule has 0 N–H and O–H groups in total. The van der Waals surface area contributed by atoms with E-state index in [0.29, 0.717) is 6.42 Å². The summed E-state index contributed by atoms with van der Waals surface area (Å²) in [6.45, 7) is 2.17. The van der Waals surface area contributed by atoms with Gasteiger partial charge in [-0.2, -0.15) is 0 Å². The van der Waals surface area contributed by atoms with E-state index < -0.39 is 0 Å². The largest absolute Gasteiger partial charge is 0.281 e. The summed E-state index contributed by atoms with van der Waals surface area (Å²) in [6, 6.07) is 5.72. The minimum Gasteiger partial charge on any atom is -0.281 e. The molecule has 2 nitrogen and oxygen atoms in total. The summed E-state index contributed by atoms with van der Waals surface area (Å²) in [7, 11) is 0. The van der Waals surface area contributed by atoms with E-state index in [1.807, 2.05) is 18.2 Å². The van der Waals surface area contributed by atoms with Crippen LogP contribution in [0.5, 0.6) is 0 Å². The average Bonchev–Trinajstić information content (AvgIpc) is 2.31. The van der Waals surface area contributed by atoms with Gasteiger partial charge in [-0.3, -0.25) is 9.78 Å². The van der Waals surface area contributed by atoms with E-state index in [9.17, 15) is 4.79 Å². The molecule has 3 heteroatoms. The fourth-order valence-corrected chi connectivity index (χ4v) is 1.31. The van der Waals surface area contributed by atoms with Gasteiger partial charge in [-0.25, -0.2) is 0 Å². The summed E-state index contributed by atoms with van der Waals surface area (Å²) in [5.74, 6) is 0. The number of hydrogen-bond acceptors (Lipinski definition) is 2. The fourth-order valence-electron chi connectivity index (χ4n) is 1.18. The zero-order valence-electron chi connectivity index (χ0n) is 9.86. The third-order valence-corrected chi connectivity index (χ3v) is 2.23. The van der Waals surface area contributed by atoms with E-state index in [-0.39, 0.29) is 5.24 Å². The van der Waals surface area contributed by atoms with Gasteiger partial charge in [0.2, 0.25) is 5.24 Å². The maximum absolute atomic E-state index is 10.2. The Bertz CT molecular complexity index is 225. The van der Waals surface area contributed by atoms with Gasteiger partial charge in [0, 0.05) is 18.8 Å². The number of carbonyl (C=O) groups is 1. The zero-order valence-corrected chi connectivity index (χ0v) is 10.6. The maximum atomic E-state index is 10.2. The number of halogens is 1. The van der Waals surface area contributed by atoms with E-state index in [2.05, 4.69) is 11.9 Å². The lowest BCUT2D eigenvalue weighted by Gasteiger charge is -1.95. The van der Waals surface area contributed by atoms with E-state index in [4.69, 9.17) is 11.6 Å². The topological polar surface area (TPSA) is 30.0 Å². The average molecular weight is 242 g/mol. The van der Waals surface area contributed by atoms with E-state index in [0.717, 1.165) is 12.8 Å². The SMILES string of the molecule is CCCCCCCC(=O)Cl.c1ccncc1. The molecule has 1 aromatic rings. The van der Waals surface area contributed by atoms with Gasteiger partial charge in [-0.15, -0.1) is 0 Å². The predicted octanol–water partition coefficient (Wildman–Crippen LogP) is 4.19. The molecule has 0 bridgehead atoms. The molecule has 0 saturated heterocycles. The van der Waals surface area contributed by atoms with E-state index in [1.165, 1.54) is 19.3 Å². The van der Waals surface area contributed by atoms with Crippen molar-refractivity contribution in [2.75, 3.05) is 0 Å². The Hall–Kier alpha value is -0.890. The highest BCUT2D eigenvalue weighted by Crippen LogP contribution is 2.05. The molecule has 0 saturated carbocycles. The third kappa shape index (κ3) is 13.1. The molecule has 0 fully saturated rings. The Kier molecular flexibility index (Phi) is 11.5. The first-order valence-corrected chi connectivity index (χ1v) is 6.18. The lowest BCUT2D eigenvalue weighted by atomic mass is 10.1. The number of aromatic nitrogens is 1. The van der Waals surface area contributed by atoms with Crippen LogP contribution in [0.25, 0.3) is 0 Å². The van der Waals surface area contributed by atoms with Gasteiger partial charge in [-0.1, -0.05) is 38.7 Å². The molecule has 0 aromatic carbocycles. The van der Waals surface area contributed by atoms with Crippen molar-refractivity contribution in [3.63, 3.8) is 0 Å². The Balaban J connectivity index is 0.000000315. The first-order valence-electron chi connectivity index (χ1n) is 5.80. The van der Waals surface area contributed by atoms with Crippen LogP contribution in [0.4, 0.5) is 0 Å². The molecule has 1 aromatic heterocycles. The second-order valence-corrected chi connectivity index (χ2v) is 3.97. The van der Waals surface area contributed by atoms with Crippen LogP contribution < -0.4 is 0 Å². The van der Waals surface area contributed by atoms with Gasteiger partial charge in [0.05, 0.1) is 0 Å². The second kappa shape index (κ2) is 12.2. The molecule has 0 amide bonds. The van der Waals surface area contributed by atoms with E-state index >= 15 is 0 Å². The summed E-state index contributed by atoms with van der Waals surface area (Å²) in [4.78, 5) is 14.0. The monoisotopic (exact) mass is 241 g/mol. The van der Waals surface area contributed by atoms with Crippen molar-refractivity contribution in [3.05, 3.63) is 30.6 Å². The molecule has 0 spiro atoms. The first-order chi connectivity index (χ1) is 7.77. The van der Waals surface area contributed by atoms with Crippen molar-refractivity contribution in [2.45, 2.75) is 45.4 Å². The standard InChI is InChI=1S/C8H15ClO.C5H5N/c1-2-3-4-5-6-7-8(9)10;1-2-4-6-5-3-1/h2-7H2,1H3;1-5H. The first kappa shape index (κ1) is 15.1. The summed E-state index contributed by atoms with van der Waals surface area (Å²) in [5, 5.41) is -0.198. The molecule has 0 aliphatic heterocycles. The van der Waals surface area contributed by atoms with Gasteiger partial charge >= 0.3 is 0 Å². The van der Waals surface area contributed by atoms with Crippen LogP contribution in [0, 0.1) is 0 Å². The number of carbonyl (C=O) groups excluding carboxylic acids is 1. The highest BCUT2D eigenvalue weighted by atomic mass is 35.5. The van der Waals surface area contributed by atoms with Crippen LogP contribution in [-0.4, -0.2) is 10.2 Å². The van der Waals surface area contributed by atoms with Crippen molar-refractivity contribution in [1.82, 2.24) is 4.98 Å². The molecule has 16 heavy (non-hydrogen) atoms. The minimum absolute atomic E-state index is 0.198. The zero-order chi connectivity index (χ0) is 12.1. The van der Waals surface area contributed by atoms with Crippen molar-refractivity contribution >= 4 is 16.8 Å². The van der Waals surface area contributed by atoms with Crippen LogP contribution in [0.15, 0.2) is 30.6 Å². The smallest absolute Gasteiger partial charge is 0.221 e. The molecule has 0 unspecified atom stereocenters. The van der Waals surface area contributed by atoms with Crippen LogP contribution in [0.3, 0.4) is 0 Å². The second-order valence-electron chi connectivity index (χ2n) is 3.54. The summed E-state index contributed by atoms with van der Waals surface area (Å²) >= 11 is 5.15. The molecule has 0 aliphatic rings. The lowest BCUT2D eigenvalue weighted by molar-refractivity contribution is -0.111. The van der Waals surface area contributed by atoms with Crippen LogP contribution in [0.2, 0.25) is 0 Å². The highest BCUT2D eigenvalue weighted by Gasteiger charge is 1.94. The Labute approximate surface area is 103 Å². The van der Waals surface area contributed by atoms with Crippen molar-refractivity contribution < 1.29 is 4.79 Å². The summed E-state index contributed by atoms with van der Waals surface area (Å²) in [6.07, 6.45) is 9.91. The van der Waals surface area contributed by atoms with E-state index in [1.54, 1.807) is 12.4 Å². The van der Waals surface area contributed by atoms with Gasteiger partial charge in [0.15, 0.2) is 0 Å². The number of pyridine rings is 1. The molecular formula is C13H20ClNO. The van der Waals surface area contributed by atoms with Gasteiger partial charge in [0.1, 0.15) is 0 Å². The summed E-state index contributed by atoms with van der Waals surface area (Å²) in [5.41, 5.74) is 0. The van der Waals surface area contributed by atoms with Gasteiger partial charge in [-0.05, 0) is 30.2 Å². The molecule has 90 valence electrons. The predicted molar refractivity (Wildman–Crippen MR) is 68.5 cm³/mol. The number of nitrogens with zero attached hydrogens (tertiary/aromatic N) is 1. The Morgan fingerprint density at radius 3 is 2.06 bits per heavy atom. The van der Waals surface area contributed by atoms with Crippen LogP contribution in [-0.2, 0) is 4.79 Å². The lowest BCUT2D eigenvalue weighted by Crippen LogP contribution is -1.85. The normalized spacial score (nSPS) is 9.12. The van der Waals surface area contributed by atoms with Crippen molar-refractivity contribution in [2.24, 2.45) is 0 Å². The number of rotatable bonds is 6. The van der Waals surface area contributed by atoms with Crippen LogP contribution in [0.1, 0.15) is 45.4 Å². The quantitative estimate of drug-likeness (QED) is 0.552. The molecule has 1 heterocycles. The Morgan fingerprint density at radius 1 is 1.06 bits per heavy atom. The minimum atomic E-state index is -0.198. The fraction of sp³-hybridized carbons (Fsp3) is 0.538. The summed E-state index contributed by atoms with van der Waals surface area (Å²) < 4.78 is 0. The van der Waals surface area contributed by atoms with Gasteiger partial charge in [0.25, 0.3) is 0 Å². The van der Waals surface area contributed by atoms with Crippen molar-refractivity contribution in [1.29, 1.82) is 0 Å². The molecule has 1 rings (SSSR count). The Morgan fingerprint density at radius 2 is 1.69 bits per heavy atom. The van der Waals surface area contributed by atoms with Crippen molar-refractivity contribution in [3.8, 4) is 0 Å². The maximum Gasteiger partial charge on any atom is 0.221 e. The third-order valence-electron chi connectivity index (χ3n) is 2.04. The van der Waals surface area contributed by atoms with Gasteiger partial charge < -0.3 is 0 Å². The van der Waals surface area contributed by atoms with Crippen LogP contribution >= 0.6 is 11.6 Å². The number of unbranched alkanes of at least 4 members (excludes halogenated alkanes) is 4. The molecular weight excluding hydrogens is 222 g/mol. The molecule has 0 aliphatic carbocycles.